The Bertz CT molecular complexity index is 356. The number of alkyl halides is 1. The first-order valence-corrected chi connectivity index (χ1v) is 4.44. The van der Waals surface area contributed by atoms with Gasteiger partial charge in [0, 0.05) is 0 Å². The molecule has 1 heterocycles. The summed E-state index contributed by atoms with van der Waals surface area (Å²) in [5.41, 5.74) is -2.17. The Balaban J connectivity index is 3.26. The third-order valence-electron chi connectivity index (χ3n) is 1.94. The van der Waals surface area contributed by atoms with Crippen molar-refractivity contribution in [1.82, 2.24) is 10.6 Å². The van der Waals surface area contributed by atoms with Crippen molar-refractivity contribution in [2.45, 2.75) is 17.5 Å². The zero-order chi connectivity index (χ0) is 11.9. The summed E-state index contributed by atoms with van der Waals surface area (Å²) in [6.45, 7) is 1.05. The maximum absolute atomic E-state index is 11.4. The molecule has 3 amide bonds. The van der Waals surface area contributed by atoms with Gasteiger partial charge in [-0.3, -0.25) is 10.1 Å². The Morgan fingerprint density at radius 1 is 1.53 bits per heavy atom. The van der Waals surface area contributed by atoms with E-state index in [2.05, 4.69) is 5.16 Å². The number of nitrogens with one attached hydrogen (secondary N) is 2. The minimum atomic E-state index is -2.27. The monoisotopic (exact) mass is 255 g/mol. The van der Waals surface area contributed by atoms with Crippen LogP contribution >= 0.6 is 23.2 Å². The van der Waals surface area contributed by atoms with E-state index in [1.54, 1.807) is 5.32 Å². The lowest BCUT2D eigenvalue weighted by atomic mass is 9.94. The lowest BCUT2D eigenvalue weighted by Gasteiger charge is -2.41. The quantitative estimate of drug-likeness (QED) is 0.220. The van der Waals surface area contributed by atoms with E-state index in [0.717, 1.165) is 6.92 Å². The summed E-state index contributed by atoms with van der Waals surface area (Å²) in [6, 6.07) is -0.927. The van der Waals surface area contributed by atoms with E-state index in [1.165, 1.54) is 0 Å². The SMILES string of the molecule is CC1(O)NC(=O)NC(=O)C1(Cl)C(Cl)=NO. The summed E-state index contributed by atoms with van der Waals surface area (Å²) in [6.07, 6.45) is 0. The van der Waals surface area contributed by atoms with E-state index in [-0.39, 0.29) is 0 Å². The molecule has 0 spiro atoms. The molecule has 1 aliphatic rings. The molecule has 15 heavy (non-hydrogen) atoms. The van der Waals surface area contributed by atoms with Gasteiger partial charge in [0.1, 0.15) is 0 Å². The fourth-order valence-corrected chi connectivity index (χ4v) is 1.51. The maximum atomic E-state index is 11.4. The number of hydrogen-bond acceptors (Lipinski definition) is 5. The van der Waals surface area contributed by atoms with Gasteiger partial charge in [-0.25, -0.2) is 4.79 Å². The number of oxime groups is 1. The Morgan fingerprint density at radius 3 is 2.47 bits per heavy atom. The summed E-state index contributed by atoms with van der Waals surface area (Å²) in [7, 11) is 0. The largest absolute Gasteiger partial charge is 0.410 e. The molecule has 4 N–H and O–H groups in total. The van der Waals surface area contributed by atoms with Crippen LogP contribution in [0.3, 0.4) is 0 Å². The normalized spacial score (nSPS) is 37.2. The van der Waals surface area contributed by atoms with E-state index in [1.807, 2.05) is 5.32 Å². The molecule has 1 aliphatic heterocycles. The van der Waals surface area contributed by atoms with Crippen molar-refractivity contribution in [2.75, 3.05) is 0 Å². The van der Waals surface area contributed by atoms with Gasteiger partial charge in [-0.1, -0.05) is 28.4 Å². The molecule has 1 fully saturated rings. The molecule has 2 unspecified atom stereocenters. The summed E-state index contributed by atoms with van der Waals surface area (Å²) in [5, 5.41) is 23.7. The fraction of sp³-hybridized carbons (Fsp3) is 0.500. The minimum Gasteiger partial charge on any atom is -0.410 e. The van der Waals surface area contributed by atoms with Crippen molar-refractivity contribution in [3.05, 3.63) is 0 Å². The van der Waals surface area contributed by atoms with Crippen LogP contribution in [-0.2, 0) is 4.79 Å². The number of nitrogens with zero attached hydrogens (tertiary/aromatic N) is 1. The topological polar surface area (TPSA) is 111 Å². The van der Waals surface area contributed by atoms with Gasteiger partial charge in [-0.15, -0.1) is 0 Å². The lowest BCUT2D eigenvalue weighted by Crippen LogP contribution is -2.75. The maximum Gasteiger partial charge on any atom is 0.323 e. The van der Waals surface area contributed by atoms with Gasteiger partial charge in [0.15, 0.2) is 10.9 Å². The third-order valence-corrected chi connectivity index (χ3v) is 3.11. The molecular weight excluding hydrogens is 249 g/mol. The average molecular weight is 256 g/mol. The van der Waals surface area contributed by atoms with Crippen LogP contribution in [0.1, 0.15) is 6.92 Å². The van der Waals surface area contributed by atoms with Crippen LogP contribution in [0.25, 0.3) is 0 Å². The number of hydrogen-bond donors (Lipinski definition) is 4. The van der Waals surface area contributed by atoms with Crippen LogP contribution in [0.4, 0.5) is 4.79 Å². The van der Waals surface area contributed by atoms with E-state index in [4.69, 9.17) is 28.4 Å². The van der Waals surface area contributed by atoms with Crippen molar-refractivity contribution < 1.29 is 19.9 Å². The van der Waals surface area contributed by atoms with E-state index in [0.29, 0.717) is 0 Å². The summed E-state index contributed by atoms with van der Waals surface area (Å²) in [4.78, 5) is 20.0. The van der Waals surface area contributed by atoms with Crippen LogP contribution in [0, 0.1) is 0 Å². The first-order valence-electron chi connectivity index (χ1n) is 3.68. The van der Waals surface area contributed by atoms with Crippen molar-refractivity contribution in [1.29, 1.82) is 0 Å². The van der Waals surface area contributed by atoms with Crippen LogP contribution in [0.15, 0.2) is 5.16 Å². The molecule has 2 atom stereocenters. The predicted octanol–water partition coefficient (Wildman–Crippen LogP) is -0.462. The Labute approximate surface area is 94.0 Å². The number of halogens is 2. The van der Waals surface area contributed by atoms with Gasteiger partial charge in [-0.2, -0.15) is 0 Å². The molecule has 1 rings (SSSR count). The highest BCUT2D eigenvalue weighted by atomic mass is 35.5. The highest BCUT2D eigenvalue weighted by Crippen LogP contribution is 2.33. The summed E-state index contributed by atoms with van der Waals surface area (Å²) >= 11 is 11.1. The van der Waals surface area contributed by atoms with E-state index in [9.17, 15) is 14.7 Å². The van der Waals surface area contributed by atoms with E-state index < -0.39 is 27.7 Å². The molecule has 0 aliphatic carbocycles. The minimum absolute atomic E-state index is 0.758. The lowest BCUT2D eigenvalue weighted by molar-refractivity contribution is -0.129. The standard InChI is InChI=1S/C6H7Cl2N3O4/c1-5(14)6(8,2(7)11-15)3(12)9-4(13)10-5/h14-15H,1H3,(H2,9,10,12,13). The smallest absolute Gasteiger partial charge is 0.323 e. The Hall–Kier alpha value is -1.05. The molecular formula is C6H7Cl2N3O4. The highest BCUT2D eigenvalue weighted by Gasteiger charge is 2.60. The molecule has 7 nitrogen and oxygen atoms in total. The van der Waals surface area contributed by atoms with Gasteiger partial charge in [0.2, 0.25) is 4.87 Å². The number of carbonyl (C=O) groups excluding carboxylic acids is 2. The number of carbonyl (C=O) groups is 2. The molecule has 0 aromatic carbocycles. The van der Waals surface area contributed by atoms with Gasteiger partial charge < -0.3 is 15.6 Å². The van der Waals surface area contributed by atoms with Gasteiger partial charge >= 0.3 is 6.03 Å². The zero-order valence-electron chi connectivity index (χ0n) is 7.41. The molecule has 0 aromatic rings. The second-order valence-corrected chi connectivity index (χ2v) is 3.95. The zero-order valence-corrected chi connectivity index (χ0v) is 8.93. The summed E-state index contributed by atoms with van der Waals surface area (Å²) < 4.78 is 0. The van der Waals surface area contributed by atoms with Crippen LogP contribution < -0.4 is 10.6 Å². The average Bonchev–Trinajstić information content (AvgIpc) is 2.11. The second-order valence-electron chi connectivity index (χ2n) is 3.03. The molecule has 0 bridgehead atoms. The first kappa shape index (κ1) is 12.0. The fourth-order valence-electron chi connectivity index (χ4n) is 1.11. The third kappa shape index (κ3) is 1.62. The number of imide groups is 1. The number of rotatable bonds is 1. The van der Waals surface area contributed by atoms with Gasteiger partial charge in [0.05, 0.1) is 0 Å². The number of aliphatic hydroxyl groups is 1. The predicted molar refractivity (Wildman–Crippen MR) is 51.0 cm³/mol. The van der Waals surface area contributed by atoms with Crippen molar-refractivity contribution in [3.8, 4) is 0 Å². The van der Waals surface area contributed by atoms with Crippen molar-refractivity contribution in [2.24, 2.45) is 5.16 Å². The molecule has 0 saturated carbocycles. The molecule has 84 valence electrons. The van der Waals surface area contributed by atoms with Crippen LogP contribution in [0.5, 0.6) is 0 Å². The molecule has 0 radical (unpaired) electrons. The van der Waals surface area contributed by atoms with Crippen molar-refractivity contribution in [3.63, 3.8) is 0 Å². The van der Waals surface area contributed by atoms with Crippen LogP contribution in [0.2, 0.25) is 0 Å². The molecule has 9 heteroatoms. The number of urea groups is 1. The van der Waals surface area contributed by atoms with E-state index >= 15 is 0 Å². The van der Waals surface area contributed by atoms with Gasteiger partial charge in [-0.05, 0) is 6.92 Å². The summed E-state index contributed by atoms with van der Waals surface area (Å²) in [5.74, 6) is -1.08. The first-order chi connectivity index (χ1) is 6.75. The number of amides is 3. The second kappa shape index (κ2) is 3.51. The Morgan fingerprint density at radius 2 is 2.07 bits per heavy atom. The van der Waals surface area contributed by atoms with Crippen molar-refractivity contribution >= 4 is 40.3 Å². The van der Waals surface area contributed by atoms with Gasteiger partial charge in [0.25, 0.3) is 5.91 Å². The highest BCUT2D eigenvalue weighted by molar-refractivity contribution is 6.76. The molecule has 0 aromatic heterocycles. The Kier molecular flexibility index (Phi) is 2.81. The van der Waals surface area contributed by atoms with Crippen LogP contribution in [-0.4, -0.2) is 38.0 Å². The molecule has 1 saturated heterocycles.